The van der Waals surface area contributed by atoms with Crippen LogP contribution in [0.4, 0.5) is 32.0 Å². The summed E-state index contributed by atoms with van der Waals surface area (Å²) in [4.78, 5) is 23.4. The van der Waals surface area contributed by atoms with Gasteiger partial charge in [-0.25, -0.2) is 13.2 Å². The van der Waals surface area contributed by atoms with Gasteiger partial charge in [0.1, 0.15) is 0 Å². The van der Waals surface area contributed by atoms with Gasteiger partial charge in [0, 0.05) is 12.3 Å². The third-order valence-electron chi connectivity index (χ3n) is 3.44. The Morgan fingerprint density at radius 3 is 2.60 bits per heavy atom. The first-order chi connectivity index (χ1) is 11.5. The largest absolute Gasteiger partial charge is 0.394 e. The lowest BCUT2D eigenvalue weighted by atomic mass is 10.0. The topological polar surface area (TPSA) is 51.1 Å². The van der Waals surface area contributed by atoms with Gasteiger partial charge in [0.25, 0.3) is 12.0 Å². The average Bonchev–Trinajstić information content (AvgIpc) is 2.86. The minimum Gasteiger partial charge on any atom is -0.324 e. The predicted molar refractivity (Wildman–Crippen MR) is 80.5 cm³/mol. The van der Waals surface area contributed by atoms with Gasteiger partial charge in [-0.3, -0.25) is 9.59 Å². The number of carbonyl (C=O) groups excluding carboxylic acids is 1. The Labute approximate surface area is 146 Å². The maximum Gasteiger partial charge on any atom is 0.394 e. The van der Waals surface area contributed by atoms with Gasteiger partial charge in [0.15, 0.2) is 5.82 Å². The lowest BCUT2D eigenvalue weighted by Gasteiger charge is -2.16. The highest BCUT2D eigenvalue weighted by Crippen LogP contribution is 2.48. The molecule has 1 aromatic rings. The number of thioether (sulfide) groups is 1. The summed E-state index contributed by atoms with van der Waals surface area (Å²) in [5, 5.41) is 0.982. The molecule has 140 valence electrons. The monoisotopic (exact) mass is 408 g/mol. The number of nitrogens with one attached hydrogen (secondary N) is 1. The zero-order valence-electron chi connectivity index (χ0n) is 12.2. The molecule has 2 heterocycles. The Bertz CT molecular complexity index is 711. The molecule has 25 heavy (non-hydrogen) atoms. The van der Waals surface area contributed by atoms with Crippen LogP contribution in [0.5, 0.6) is 0 Å². The van der Waals surface area contributed by atoms with Crippen LogP contribution in [0.25, 0.3) is 0 Å². The molecule has 1 N–H and O–H groups in total. The average molecular weight is 409 g/mol. The lowest BCUT2D eigenvalue weighted by Crippen LogP contribution is -2.30. The molecule has 2 rings (SSSR count). The molecule has 0 bridgehead atoms. The van der Waals surface area contributed by atoms with Crippen LogP contribution in [0, 0.1) is 11.7 Å². The molecule has 3 atom stereocenters. The van der Waals surface area contributed by atoms with Gasteiger partial charge < -0.3 is 9.88 Å². The van der Waals surface area contributed by atoms with E-state index in [4.69, 9.17) is 11.6 Å². The summed E-state index contributed by atoms with van der Waals surface area (Å²) >= 11 is 6.21. The van der Waals surface area contributed by atoms with Gasteiger partial charge in [-0.1, -0.05) is 0 Å². The predicted octanol–water partition coefficient (Wildman–Crippen LogP) is 3.44. The van der Waals surface area contributed by atoms with E-state index in [-0.39, 0.29) is 5.69 Å². The number of rotatable bonds is 4. The molecule has 4 nitrogen and oxygen atoms in total. The van der Waals surface area contributed by atoms with Crippen molar-refractivity contribution >= 4 is 35.0 Å². The Kier molecular flexibility index (Phi) is 5.97. The van der Waals surface area contributed by atoms with Crippen molar-refractivity contribution < 1.29 is 31.1 Å². The zero-order valence-corrected chi connectivity index (χ0v) is 13.8. The molecule has 1 aromatic heterocycles. The van der Waals surface area contributed by atoms with Gasteiger partial charge in [-0.05, 0) is 6.42 Å². The van der Waals surface area contributed by atoms with Crippen LogP contribution in [-0.4, -0.2) is 33.0 Å². The number of nitrogens with zero attached hydrogens (tertiary/aromatic N) is 1. The Morgan fingerprint density at radius 2 is 2.08 bits per heavy atom. The Balaban J connectivity index is 2.13. The van der Waals surface area contributed by atoms with Crippen molar-refractivity contribution in [1.82, 2.24) is 4.57 Å². The van der Waals surface area contributed by atoms with E-state index in [2.05, 4.69) is 5.32 Å². The third kappa shape index (κ3) is 4.84. The number of aromatic nitrogens is 1. The first kappa shape index (κ1) is 20.0. The van der Waals surface area contributed by atoms with Crippen molar-refractivity contribution in [1.29, 1.82) is 0 Å². The zero-order chi connectivity index (χ0) is 18.9. The summed E-state index contributed by atoms with van der Waals surface area (Å²) in [6, 6.07) is 0.612. The van der Waals surface area contributed by atoms with Gasteiger partial charge in [0.2, 0.25) is 5.91 Å². The fourth-order valence-corrected chi connectivity index (χ4v) is 4.16. The van der Waals surface area contributed by atoms with Crippen LogP contribution in [0.1, 0.15) is 6.42 Å². The molecule has 1 aliphatic heterocycles. The first-order valence-electron chi connectivity index (χ1n) is 6.84. The minimum absolute atomic E-state index is 0.315. The molecule has 0 aromatic carbocycles. The Hall–Kier alpha value is -1.36. The van der Waals surface area contributed by atoms with E-state index in [1.54, 1.807) is 0 Å². The van der Waals surface area contributed by atoms with Crippen molar-refractivity contribution in [3.8, 4) is 0 Å². The van der Waals surface area contributed by atoms with Crippen LogP contribution in [-0.2, 0) is 11.3 Å². The molecule has 1 saturated heterocycles. The summed E-state index contributed by atoms with van der Waals surface area (Å²) in [5.41, 5.74) is -1.61. The van der Waals surface area contributed by atoms with E-state index in [1.807, 2.05) is 0 Å². The highest BCUT2D eigenvalue weighted by molar-refractivity contribution is 8.02. The summed E-state index contributed by atoms with van der Waals surface area (Å²) in [7, 11) is 0. The normalized spacial score (nSPS) is 23.9. The molecule has 1 aliphatic rings. The van der Waals surface area contributed by atoms with E-state index < -0.39 is 58.7 Å². The maximum atomic E-state index is 13.5. The number of hydrogen-bond donors (Lipinski definition) is 1. The summed E-state index contributed by atoms with van der Waals surface area (Å²) in [5.74, 6) is -4.13. The number of anilines is 1. The summed E-state index contributed by atoms with van der Waals surface area (Å²) in [6.07, 6.45) is -7.26. The number of pyridine rings is 1. The third-order valence-corrected chi connectivity index (χ3v) is 5.37. The van der Waals surface area contributed by atoms with Crippen LogP contribution in [0.3, 0.4) is 0 Å². The van der Waals surface area contributed by atoms with Crippen LogP contribution in [0.2, 0.25) is 0 Å². The quantitative estimate of drug-likeness (QED) is 0.613. The molecule has 0 radical (unpaired) electrons. The molecule has 12 heteroatoms. The SMILES string of the molecule is O=C(Nc1cc(F)c(=O)n(CC(F)F)c1)C1CC(C(F)(F)F)C(Cl)S1. The number of alkyl halides is 6. The second-order valence-electron chi connectivity index (χ2n) is 5.27. The number of amides is 1. The van der Waals surface area contributed by atoms with E-state index in [0.717, 1.165) is 6.20 Å². The smallest absolute Gasteiger partial charge is 0.324 e. The van der Waals surface area contributed by atoms with Gasteiger partial charge in [0.05, 0.1) is 28.1 Å². The second kappa shape index (κ2) is 7.48. The highest BCUT2D eigenvalue weighted by atomic mass is 35.5. The van der Waals surface area contributed by atoms with E-state index in [0.29, 0.717) is 22.4 Å². The van der Waals surface area contributed by atoms with Crippen LogP contribution in [0.15, 0.2) is 17.1 Å². The molecule has 0 aliphatic carbocycles. The first-order valence-corrected chi connectivity index (χ1v) is 8.22. The van der Waals surface area contributed by atoms with Crippen molar-refractivity contribution in [2.24, 2.45) is 5.92 Å². The van der Waals surface area contributed by atoms with Crippen molar-refractivity contribution in [3.63, 3.8) is 0 Å². The van der Waals surface area contributed by atoms with Crippen molar-refractivity contribution in [2.45, 2.75) is 35.5 Å². The fourth-order valence-electron chi connectivity index (χ4n) is 2.27. The van der Waals surface area contributed by atoms with E-state index in [1.165, 1.54) is 0 Å². The van der Waals surface area contributed by atoms with Gasteiger partial charge in [-0.2, -0.15) is 13.2 Å². The molecule has 3 unspecified atom stereocenters. The van der Waals surface area contributed by atoms with Crippen LogP contribution < -0.4 is 10.9 Å². The van der Waals surface area contributed by atoms with Crippen molar-refractivity contribution in [2.75, 3.05) is 5.32 Å². The standard InChI is InChI=1S/C13H11ClF6N2O2S/c14-10-6(13(18,19)20)2-8(25-10)11(23)21-5-1-7(15)12(24)22(3-5)4-9(16)17/h1,3,6,8-10H,2,4H2,(H,21,23). The molecular formula is C13H11ClF6N2O2S. The van der Waals surface area contributed by atoms with E-state index >= 15 is 0 Å². The molecule has 0 spiro atoms. The molecular weight excluding hydrogens is 398 g/mol. The number of hydrogen-bond acceptors (Lipinski definition) is 3. The summed E-state index contributed by atoms with van der Waals surface area (Å²) < 4.78 is 75.5. The molecule has 1 amide bonds. The second-order valence-corrected chi connectivity index (χ2v) is 7.35. The van der Waals surface area contributed by atoms with Gasteiger partial charge in [-0.15, -0.1) is 23.4 Å². The minimum atomic E-state index is -4.56. The number of halogens is 7. The fraction of sp³-hybridized carbons (Fsp3) is 0.538. The van der Waals surface area contributed by atoms with Gasteiger partial charge >= 0.3 is 6.18 Å². The van der Waals surface area contributed by atoms with Crippen LogP contribution >= 0.6 is 23.4 Å². The number of carbonyl (C=O) groups is 1. The lowest BCUT2D eigenvalue weighted by molar-refractivity contribution is -0.170. The van der Waals surface area contributed by atoms with Crippen molar-refractivity contribution in [3.05, 3.63) is 28.4 Å². The Morgan fingerprint density at radius 1 is 1.44 bits per heavy atom. The summed E-state index contributed by atoms with van der Waals surface area (Å²) in [6.45, 7) is -1.09. The molecule has 0 saturated carbocycles. The molecule has 1 fully saturated rings. The maximum absolute atomic E-state index is 13.5. The highest BCUT2D eigenvalue weighted by Gasteiger charge is 2.51. The van der Waals surface area contributed by atoms with E-state index in [9.17, 15) is 35.9 Å².